The standard InChI is InChI=1S/C29H18BrF/c30-27-18-26-28(23-14-8-7-13-22(23)27)24-16-15-21(31)17-25(24)29(26,19-9-3-1-4-10-19)20-11-5-2-6-12-20/h1-18H. The van der Waals surface area contributed by atoms with Crippen LogP contribution in [-0.4, -0.2) is 0 Å². The molecular weight excluding hydrogens is 447 g/mol. The van der Waals surface area contributed by atoms with E-state index in [-0.39, 0.29) is 5.82 Å². The normalized spacial score (nSPS) is 13.7. The van der Waals surface area contributed by atoms with Gasteiger partial charge in [-0.05, 0) is 62.4 Å². The van der Waals surface area contributed by atoms with Gasteiger partial charge >= 0.3 is 0 Å². The number of fused-ring (bicyclic) bond motifs is 5. The Morgan fingerprint density at radius 2 is 1.16 bits per heavy atom. The van der Waals surface area contributed by atoms with Crippen LogP contribution in [0.15, 0.2) is 114 Å². The summed E-state index contributed by atoms with van der Waals surface area (Å²) in [4.78, 5) is 0. The highest BCUT2D eigenvalue weighted by molar-refractivity contribution is 9.10. The summed E-state index contributed by atoms with van der Waals surface area (Å²) in [5, 5.41) is 2.34. The molecule has 0 nitrogen and oxygen atoms in total. The van der Waals surface area contributed by atoms with Gasteiger partial charge in [-0.3, -0.25) is 0 Å². The molecule has 1 aliphatic carbocycles. The van der Waals surface area contributed by atoms with Crippen LogP contribution in [0.4, 0.5) is 4.39 Å². The summed E-state index contributed by atoms with van der Waals surface area (Å²) in [7, 11) is 0. The van der Waals surface area contributed by atoms with Crippen LogP contribution >= 0.6 is 15.9 Å². The predicted octanol–water partition coefficient (Wildman–Crippen LogP) is 8.10. The summed E-state index contributed by atoms with van der Waals surface area (Å²) in [5.74, 6) is -0.217. The van der Waals surface area contributed by atoms with E-state index in [0.717, 1.165) is 32.1 Å². The van der Waals surface area contributed by atoms with Gasteiger partial charge in [0.25, 0.3) is 0 Å². The molecule has 0 fully saturated rings. The SMILES string of the molecule is Fc1ccc2c(c1)C(c1ccccc1)(c1ccccc1)c1cc(Br)c3ccccc3c1-2. The van der Waals surface area contributed by atoms with E-state index in [1.165, 1.54) is 16.5 Å². The molecule has 0 radical (unpaired) electrons. The van der Waals surface area contributed by atoms with Crippen LogP contribution < -0.4 is 0 Å². The minimum atomic E-state index is -0.595. The smallest absolute Gasteiger partial charge is 0.123 e. The topological polar surface area (TPSA) is 0 Å². The van der Waals surface area contributed by atoms with Crippen molar-refractivity contribution in [2.24, 2.45) is 0 Å². The highest BCUT2D eigenvalue weighted by atomic mass is 79.9. The maximum absolute atomic E-state index is 14.7. The molecule has 0 unspecified atom stereocenters. The molecular formula is C29H18BrF. The van der Waals surface area contributed by atoms with E-state index in [1.807, 2.05) is 18.2 Å². The van der Waals surface area contributed by atoms with Crippen molar-refractivity contribution in [2.75, 3.05) is 0 Å². The fourth-order valence-electron chi connectivity index (χ4n) is 5.27. The average molecular weight is 465 g/mol. The third kappa shape index (κ3) is 2.52. The van der Waals surface area contributed by atoms with Gasteiger partial charge in [-0.2, -0.15) is 0 Å². The Balaban J connectivity index is 1.88. The van der Waals surface area contributed by atoms with Crippen LogP contribution in [0.1, 0.15) is 22.3 Å². The lowest BCUT2D eigenvalue weighted by molar-refractivity contribution is 0.621. The molecule has 0 saturated heterocycles. The number of rotatable bonds is 2. The first-order chi connectivity index (χ1) is 15.2. The molecule has 1 aliphatic rings. The van der Waals surface area contributed by atoms with Crippen molar-refractivity contribution in [2.45, 2.75) is 5.41 Å². The summed E-state index contributed by atoms with van der Waals surface area (Å²) in [5.41, 5.74) is 6.11. The maximum Gasteiger partial charge on any atom is 0.123 e. The molecule has 0 aromatic heterocycles. The molecule has 5 aromatic rings. The highest BCUT2D eigenvalue weighted by Gasteiger charge is 2.47. The van der Waals surface area contributed by atoms with Crippen molar-refractivity contribution >= 4 is 26.7 Å². The van der Waals surface area contributed by atoms with Crippen LogP contribution in [0, 0.1) is 5.82 Å². The van der Waals surface area contributed by atoms with E-state index in [9.17, 15) is 4.39 Å². The zero-order chi connectivity index (χ0) is 21.0. The van der Waals surface area contributed by atoms with Crippen LogP contribution in [0.5, 0.6) is 0 Å². The molecule has 0 amide bonds. The minimum absolute atomic E-state index is 0.217. The Labute approximate surface area is 189 Å². The summed E-state index contributed by atoms with van der Waals surface area (Å²) >= 11 is 3.83. The number of hydrogen-bond acceptors (Lipinski definition) is 0. The second-order valence-corrected chi connectivity index (χ2v) is 8.85. The van der Waals surface area contributed by atoms with E-state index in [4.69, 9.17) is 0 Å². The third-order valence-electron chi connectivity index (χ3n) is 6.47. The second-order valence-electron chi connectivity index (χ2n) is 8.00. The molecule has 0 aliphatic heterocycles. The number of hydrogen-bond donors (Lipinski definition) is 0. The lowest BCUT2D eigenvalue weighted by Crippen LogP contribution is -2.28. The van der Waals surface area contributed by atoms with Crippen molar-refractivity contribution in [3.63, 3.8) is 0 Å². The summed E-state index contributed by atoms with van der Waals surface area (Å²) < 4.78 is 15.8. The van der Waals surface area contributed by atoms with Gasteiger partial charge in [0.05, 0.1) is 5.41 Å². The molecule has 0 saturated carbocycles. The Kier molecular flexibility index (Phi) is 4.12. The first-order valence-electron chi connectivity index (χ1n) is 10.3. The quantitative estimate of drug-likeness (QED) is 0.242. The molecule has 0 atom stereocenters. The molecule has 0 bridgehead atoms. The van der Waals surface area contributed by atoms with Crippen molar-refractivity contribution in [3.05, 3.63) is 142 Å². The summed E-state index contributed by atoms with van der Waals surface area (Å²) in [6, 6.07) is 36.8. The summed E-state index contributed by atoms with van der Waals surface area (Å²) in [6.45, 7) is 0. The van der Waals surface area contributed by atoms with Gasteiger partial charge in [-0.15, -0.1) is 0 Å². The minimum Gasteiger partial charge on any atom is -0.207 e. The van der Waals surface area contributed by atoms with E-state index in [1.54, 1.807) is 12.1 Å². The van der Waals surface area contributed by atoms with Crippen LogP contribution in [0.25, 0.3) is 21.9 Å². The first-order valence-corrected chi connectivity index (χ1v) is 11.1. The van der Waals surface area contributed by atoms with Crippen LogP contribution in [0.3, 0.4) is 0 Å². The van der Waals surface area contributed by atoms with Crippen molar-refractivity contribution in [1.82, 2.24) is 0 Å². The highest BCUT2D eigenvalue weighted by Crippen LogP contribution is 2.58. The maximum atomic E-state index is 14.7. The largest absolute Gasteiger partial charge is 0.207 e. The van der Waals surface area contributed by atoms with Crippen molar-refractivity contribution in [1.29, 1.82) is 0 Å². The zero-order valence-corrected chi connectivity index (χ0v) is 18.2. The van der Waals surface area contributed by atoms with Gasteiger partial charge in [0.1, 0.15) is 5.82 Å². The lowest BCUT2D eigenvalue weighted by Gasteiger charge is -2.34. The molecule has 2 heteroatoms. The van der Waals surface area contributed by atoms with Crippen molar-refractivity contribution in [3.8, 4) is 11.1 Å². The molecule has 6 rings (SSSR count). The molecule has 5 aromatic carbocycles. The molecule has 148 valence electrons. The fraction of sp³-hybridized carbons (Fsp3) is 0.0345. The van der Waals surface area contributed by atoms with E-state index in [2.05, 4.69) is 94.8 Å². The first kappa shape index (κ1) is 18.5. The molecule has 0 spiro atoms. The Bertz CT molecular complexity index is 1400. The van der Waals surface area contributed by atoms with Gasteiger partial charge in [-0.1, -0.05) is 107 Å². The van der Waals surface area contributed by atoms with Crippen LogP contribution in [0.2, 0.25) is 0 Å². The number of halogens is 2. The van der Waals surface area contributed by atoms with Gasteiger partial charge in [-0.25, -0.2) is 4.39 Å². The van der Waals surface area contributed by atoms with E-state index >= 15 is 0 Å². The second kappa shape index (κ2) is 6.90. The van der Waals surface area contributed by atoms with E-state index < -0.39 is 5.41 Å². The monoisotopic (exact) mass is 464 g/mol. The lowest BCUT2D eigenvalue weighted by atomic mass is 9.67. The fourth-order valence-corrected chi connectivity index (χ4v) is 5.85. The third-order valence-corrected chi connectivity index (χ3v) is 7.12. The Morgan fingerprint density at radius 3 is 1.81 bits per heavy atom. The van der Waals surface area contributed by atoms with Gasteiger partial charge < -0.3 is 0 Å². The Morgan fingerprint density at radius 1 is 0.581 bits per heavy atom. The van der Waals surface area contributed by atoms with Gasteiger partial charge in [0.15, 0.2) is 0 Å². The van der Waals surface area contributed by atoms with Gasteiger partial charge in [0, 0.05) is 4.47 Å². The van der Waals surface area contributed by atoms with E-state index in [0.29, 0.717) is 0 Å². The molecule has 0 heterocycles. The average Bonchev–Trinajstić information content (AvgIpc) is 3.10. The van der Waals surface area contributed by atoms with Crippen molar-refractivity contribution < 1.29 is 4.39 Å². The zero-order valence-electron chi connectivity index (χ0n) is 16.6. The van der Waals surface area contributed by atoms with Crippen LogP contribution in [-0.2, 0) is 5.41 Å². The molecule has 0 N–H and O–H groups in total. The number of benzene rings is 5. The predicted molar refractivity (Wildman–Crippen MR) is 129 cm³/mol. The van der Waals surface area contributed by atoms with Gasteiger partial charge in [0.2, 0.25) is 0 Å². The molecule has 31 heavy (non-hydrogen) atoms. The summed E-state index contributed by atoms with van der Waals surface area (Å²) in [6.07, 6.45) is 0. The Hall–Kier alpha value is -3.23.